The third kappa shape index (κ3) is 13.5. The third-order valence-electron chi connectivity index (χ3n) is 27.1. The molecule has 0 bridgehead atoms. The van der Waals surface area contributed by atoms with E-state index in [1.807, 2.05) is 133 Å². The van der Waals surface area contributed by atoms with Gasteiger partial charge in [0, 0.05) is 125 Å². The van der Waals surface area contributed by atoms with E-state index < -0.39 is 0 Å². The first-order chi connectivity index (χ1) is 64.7. The van der Waals surface area contributed by atoms with E-state index in [4.69, 9.17) is 43.7 Å². The second-order valence-corrected chi connectivity index (χ2v) is 37.2. The molecule has 0 saturated heterocycles. The molecule has 17 aromatic carbocycles. The Morgan fingerprint density at radius 2 is 0.477 bits per heavy atom. The molecule has 0 fully saturated rings. The number of furan rings is 2. The van der Waals surface area contributed by atoms with Gasteiger partial charge in [-0.2, -0.15) is 0 Å². The van der Waals surface area contributed by atoms with E-state index in [9.17, 15) is 0 Å². The summed E-state index contributed by atoms with van der Waals surface area (Å²) in [5.41, 5.74) is 36.3. The van der Waals surface area contributed by atoms with Crippen molar-refractivity contribution in [2.75, 3.05) is 0 Å². The molecular formula is C122H85N7O2S. The first-order valence-corrected chi connectivity index (χ1v) is 45.9. The number of hydrogen-bond acceptors (Lipinski definition) is 10. The van der Waals surface area contributed by atoms with Crippen LogP contribution >= 0.6 is 11.3 Å². The summed E-state index contributed by atoms with van der Waals surface area (Å²) >= 11 is 1.90. The van der Waals surface area contributed by atoms with Crippen LogP contribution in [0, 0.1) is 0 Å². The van der Waals surface area contributed by atoms with Gasteiger partial charge in [0.05, 0.1) is 22.8 Å². The normalized spacial score (nSPS) is 13.3. The van der Waals surface area contributed by atoms with Crippen molar-refractivity contribution >= 4 is 75.4 Å². The molecule has 0 atom stereocenters. The predicted octanol–water partition coefficient (Wildman–Crippen LogP) is 32.2. The monoisotopic (exact) mass is 1710 g/mol. The second-order valence-electron chi connectivity index (χ2n) is 36.1. The van der Waals surface area contributed by atoms with E-state index in [1.165, 1.54) is 86.9 Å². The Balaban J connectivity index is 0.000000110. The molecule has 0 amide bonds. The number of thiophene rings is 1. The lowest BCUT2D eigenvalue weighted by Crippen LogP contribution is -2.14. The quantitative estimate of drug-likeness (QED) is 0.125. The molecule has 9 nitrogen and oxygen atoms in total. The van der Waals surface area contributed by atoms with Gasteiger partial charge in [0.1, 0.15) is 22.3 Å². The van der Waals surface area contributed by atoms with Crippen molar-refractivity contribution in [3.8, 4) is 158 Å². The minimum absolute atomic E-state index is 0.0739. The first kappa shape index (κ1) is 79.2. The molecule has 3 aliphatic rings. The van der Waals surface area contributed by atoms with Gasteiger partial charge in [-0.3, -0.25) is 0 Å². The zero-order valence-electron chi connectivity index (χ0n) is 73.5. The summed E-state index contributed by atoms with van der Waals surface area (Å²) in [6, 6.07) is 142. The number of fused-ring (bicyclic) bond motifs is 21. The Bertz CT molecular complexity index is 8010. The second kappa shape index (κ2) is 31.6. The molecular weight excluding hydrogens is 1630 g/mol. The van der Waals surface area contributed by atoms with Gasteiger partial charge >= 0.3 is 0 Å². The number of benzene rings is 17. The van der Waals surface area contributed by atoms with Gasteiger partial charge in [0.15, 0.2) is 29.1 Å². The molecule has 0 N–H and O–H groups in total. The van der Waals surface area contributed by atoms with Gasteiger partial charge in [-0.15, -0.1) is 11.3 Å². The molecule has 0 aliphatic heterocycles. The van der Waals surface area contributed by atoms with Gasteiger partial charge in [-0.1, -0.05) is 387 Å². The van der Waals surface area contributed by atoms with Crippen molar-refractivity contribution in [1.82, 2.24) is 34.9 Å². The Morgan fingerprint density at radius 3 is 0.886 bits per heavy atom. The van der Waals surface area contributed by atoms with Crippen LogP contribution < -0.4 is 0 Å². The fourth-order valence-corrected chi connectivity index (χ4v) is 21.6. The number of aromatic nitrogens is 7. The highest BCUT2D eigenvalue weighted by atomic mass is 32.1. The summed E-state index contributed by atoms with van der Waals surface area (Å²) in [6.45, 7) is 13.9. The van der Waals surface area contributed by atoms with Gasteiger partial charge in [-0.05, 0) is 133 Å². The number of rotatable bonds is 11. The Hall–Kier alpha value is -16.3. The molecule has 6 aromatic heterocycles. The smallest absolute Gasteiger partial charge is 0.164 e. The van der Waals surface area contributed by atoms with Crippen LogP contribution in [0.3, 0.4) is 0 Å². The highest BCUT2D eigenvalue weighted by Crippen LogP contribution is 2.58. The lowest BCUT2D eigenvalue weighted by atomic mass is 9.82. The van der Waals surface area contributed by atoms with Crippen molar-refractivity contribution in [1.29, 1.82) is 0 Å². The molecule has 0 saturated carbocycles. The predicted molar refractivity (Wildman–Crippen MR) is 544 cm³/mol. The van der Waals surface area contributed by atoms with Crippen LogP contribution in [0.5, 0.6) is 0 Å². The van der Waals surface area contributed by atoms with Crippen molar-refractivity contribution in [2.45, 2.75) is 57.8 Å². The highest BCUT2D eigenvalue weighted by Gasteiger charge is 2.41. The zero-order chi connectivity index (χ0) is 88.5. The minimum atomic E-state index is -0.134. The van der Waals surface area contributed by atoms with Crippen LogP contribution in [0.4, 0.5) is 0 Å². The molecule has 626 valence electrons. The largest absolute Gasteiger partial charge is 0.455 e. The SMILES string of the molecule is CC1(C)c2ccc(-c3cccc(-c4nc(-c5ccccc5)cc(-c5ccccc5)n4)c3)cc2-c2c1ccc1c2oc2ccccc21.CC1(C)c2ccc(-c3cccc(-c4nc(-c5ccccc5)nc(-c5ccccc5)n4)c3)cc2-c2c1ccc1c2oc2ccccc21.CC1(C)c2ccc(-c3nc(-c4ccccc4)cc(-c4ccccc4)n3)cc2-c2c1ccc1c2sc2ccccc21. The van der Waals surface area contributed by atoms with Crippen LogP contribution in [0.1, 0.15) is 74.9 Å². The van der Waals surface area contributed by atoms with Crippen molar-refractivity contribution in [3.63, 3.8) is 0 Å². The van der Waals surface area contributed by atoms with E-state index in [0.717, 1.165) is 145 Å². The zero-order valence-corrected chi connectivity index (χ0v) is 74.4. The first-order valence-electron chi connectivity index (χ1n) is 45.0. The van der Waals surface area contributed by atoms with E-state index >= 15 is 0 Å². The van der Waals surface area contributed by atoms with Crippen LogP contribution in [0.2, 0.25) is 0 Å². The van der Waals surface area contributed by atoms with E-state index in [1.54, 1.807) is 0 Å². The van der Waals surface area contributed by atoms with E-state index in [-0.39, 0.29) is 16.2 Å². The molecule has 6 heterocycles. The molecule has 26 rings (SSSR count). The van der Waals surface area contributed by atoms with Crippen LogP contribution in [-0.2, 0) is 16.2 Å². The fourth-order valence-electron chi connectivity index (χ4n) is 20.3. The molecule has 0 spiro atoms. The summed E-state index contributed by atoms with van der Waals surface area (Å²) < 4.78 is 15.8. The molecule has 132 heavy (non-hydrogen) atoms. The maximum Gasteiger partial charge on any atom is 0.164 e. The summed E-state index contributed by atoms with van der Waals surface area (Å²) in [5, 5.41) is 7.29. The lowest BCUT2D eigenvalue weighted by molar-refractivity contribution is 0.653. The van der Waals surface area contributed by atoms with Gasteiger partial charge < -0.3 is 8.83 Å². The van der Waals surface area contributed by atoms with Gasteiger partial charge in [0.2, 0.25) is 0 Å². The lowest BCUT2D eigenvalue weighted by Gasteiger charge is -2.21. The Morgan fingerprint density at radius 1 is 0.197 bits per heavy atom. The van der Waals surface area contributed by atoms with Gasteiger partial charge in [0.25, 0.3) is 0 Å². The number of nitrogens with zero attached hydrogens (tertiary/aromatic N) is 7. The summed E-state index contributed by atoms with van der Waals surface area (Å²) in [7, 11) is 0. The summed E-state index contributed by atoms with van der Waals surface area (Å²) in [4.78, 5) is 35.1. The van der Waals surface area contributed by atoms with E-state index in [2.05, 4.69) is 327 Å². The Labute approximate surface area is 768 Å². The van der Waals surface area contributed by atoms with Crippen LogP contribution in [-0.4, -0.2) is 34.9 Å². The maximum absolute atomic E-state index is 6.55. The minimum Gasteiger partial charge on any atom is -0.455 e. The fraction of sp³-hybridized carbons (Fsp3) is 0.0738. The van der Waals surface area contributed by atoms with E-state index in [0.29, 0.717) is 23.3 Å². The summed E-state index contributed by atoms with van der Waals surface area (Å²) in [6.07, 6.45) is 0. The number of hydrogen-bond donors (Lipinski definition) is 0. The molecule has 23 aromatic rings. The van der Waals surface area contributed by atoms with Crippen molar-refractivity contribution in [3.05, 3.63) is 440 Å². The molecule has 10 heteroatoms. The number of para-hydroxylation sites is 2. The van der Waals surface area contributed by atoms with Crippen LogP contribution in [0.25, 0.3) is 222 Å². The molecule has 3 aliphatic carbocycles. The van der Waals surface area contributed by atoms with Crippen LogP contribution in [0.15, 0.2) is 415 Å². The standard InChI is InChI=1S/C43H30N2O.C42H29N3O.C37H26N2S/c1-43(2)35-22-20-30(25-34(35)40-36(43)23-21-33-32-18-9-10-19-39(32)46-41(33)40)29-16-11-17-31(24-29)42-44-37(27-12-5-3-6-13-27)26-38(45-42)28-14-7-4-8-15-28;1-42(2)34-22-20-29(25-33(34)37-35(42)23-21-32-31-18-9-10-19-36(31)46-38(32)37)28-16-11-17-30(24-28)41-44-39(26-12-5-3-6-13-26)43-40(45-41)27-14-7-4-8-15-27;1-37(2)29-19-17-25(21-28(29)34-30(37)20-18-27-26-15-9-10-16-33(26)40-35(27)34)36-38-31(23-11-5-3-6-12-23)22-32(39-36)24-13-7-4-8-14-24/h3-26H,1-2H3;3-25H,1-2H3;3-22H,1-2H3. The molecule has 0 unspecified atom stereocenters. The Kier molecular flexibility index (Phi) is 18.9. The van der Waals surface area contributed by atoms with Gasteiger partial charge in [-0.25, -0.2) is 34.9 Å². The topological polar surface area (TPSA) is 117 Å². The average Bonchev–Trinajstić information content (AvgIpc) is 1.56. The highest BCUT2D eigenvalue weighted by molar-refractivity contribution is 7.26. The summed E-state index contributed by atoms with van der Waals surface area (Å²) in [5.74, 6) is 3.41. The average molecular weight is 1710 g/mol. The maximum atomic E-state index is 6.55. The molecule has 0 radical (unpaired) electrons. The third-order valence-corrected chi connectivity index (χ3v) is 28.3. The van der Waals surface area contributed by atoms with Crippen molar-refractivity contribution < 1.29 is 8.83 Å². The van der Waals surface area contributed by atoms with Crippen molar-refractivity contribution in [2.24, 2.45) is 0 Å².